The lowest BCUT2D eigenvalue weighted by molar-refractivity contribution is 0.415. The van der Waals surface area contributed by atoms with Gasteiger partial charge in [0.25, 0.3) is 0 Å². The third-order valence-corrected chi connectivity index (χ3v) is 3.65. The molecule has 19 heavy (non-hydrogen) atoms. The first-order valence-electron chi connectivity index (χ1n) is 7.27. The second-order valence-corrected chi connectivity index (χ2v) is 5.50. The summed E-state index contributed by atoms with van der Waals surface area (Å²) in [5.74, 6) is 0.835. The van der Waals surface area contributed by atoms with Crippen molar-refractivity contribution in [2.75, 3.05) is 12.4 Å². The summed E-state index contributed by atoms with van der Waals surface area (Å²) in [7, 11) is 1.67. The van der Waals surface area contributed by atoms with Crippen LogP contribution in [0.3, 0.4) is 0 Å². The van der Waals surface area contributed by atoms with E-state index in [0.29, 0.717) is 6.04 Å². The lowest BCUT2D eigenvalue weighted by Crippen LogP contribution is -2.15. The van der Waals surface area contributed by atoms with Crippen LogP contribution in [0.15, 0.2) is 18.2 Å². The van der Waals surface area contributed by atoms with Crippen molar-refractivity contribution in [1.29, 1.82) is 0 Å². The average Bonchev–Trinajstić information content (AvgIpc) is 2.41. The zero-order valence-electron chi connectivity index (χ0n) is 12.3. The SMILES string of the molecule is CCCCCCCC(C)Nc1cc(OC)ccc1Cl. The molecule has 1 aromatic rings. The summed E-state index contributed by atoms with van der Waals surface area (Å²) in [6, 6.07) is 6.14. The largest absolute Gasteiger partial charge is 0.497 e. The quantitative estimate of drug-likeness (QED) is 0.603. The van der Waals surface area contributed by atoms with E-state index in [1.165, 1.54) is 38.5 Å². The van der Waals surface area contributed by atoms with E-state index < -0.39 is 0 Å². The van der Waals surface area contributed by atoms with E-state index in [4.69, 9.17) is 16.3 Å². The molecule has 0 radical (unpaired) electrons. The molecule has 0 aromatic heterocycles. The Morgan fingerprint density at radius 1 is 1.21 bits per heavy atom. The lowest BCUT2D eigenvalue weighted by Gasteiger charge is -2.17. The number of nitrogens with one attached hydrogen (secondary N) is 1. The number of halogens is 1. The molecule has 1 atom stereocenters. The Morgan fingerprint density at radius 2 is 1.95 bits per heavy atom. The van der Waals surface area contributed by atoms with Crippen molar-refractivity contribution in [3.05, 3.63) is 23.2 Å². The molecule has 0 saturated heterocycles. The molecule has 1 N–H and O–H groups in total. The maximum atomic E-state index is 6.18. The van der Waals surface area contributed by atoms with E-state index in [2.05, 4.69) is 19.2 Å². The monoisotopic (exact) mass is 283 g/mol. The van der Waals surface area contributed by atoms with Gasteiger partial charge in [-0.2, -0.15) is 0 Å². The predicted molar refractivity (Wildman–Crippen MR) is 84.5 cm³/mol. The summed E-state index contributed by atoms with van der Waals surface area (Å²) in [6.07, 6.45) is 7.78. The van der Waals surface area contributed by atoms with Crippen molar-refractivity contribution >= 4 is 17.3 Å². The van der Waals surface area contributed by atoms with Gasteiger partial charge in [0.15, 0.2) is 0 Å². The van der Waals surface area contributed by atoms with Gasteiger partial charge in [0.2, 0.25) is 0 Å². The van der Waals surface area contributed by atoms with Crippen molar-refractivity contribution in [3.63, 3.8) is 0 Å². The third kappa shape index (κ3) is 6.20. The smallest absolute Gasteiger partial charge is 0.121 e. The Bertz CT molecular complexity index is 368. The molecule has 3 heteroatoms. The molecule has 2 nitrogen and oxygen atoms in total. The number of ether oxygens (including phenoxy) is 1. The molecule has 0 fully saturated rings. The summed E-state index contributed by atoms with van der Waals surface area (Å²) in [5.41, 5.74) is 0.960. The highest BCUT2D eigenvalue weighted by atomic mass is 35.5. The topological polar surface area (TPSA) is 21.3 Å². The molecule has 1 rings (SSSR count). The Kier molecular flexibility index (Phi) is 7.73. The minimum Gasteiger partial charge on any atom is -0.497 e. The zero-order chi connectivity index (χ0) is 14.1. The first-order valence-corrected chi connectivity index (χ1v) is 7.65. The first-order chi connectivity index (χ1) is 9.17. The number of unbranched alkanes of at least 4 members (excludes halogenated alkanes) is 4. The fourth-order valence-corrected chi connectivity index (χ4v) is 2.31. The molecule has 1 unspecified atom stereocenters. The van der Waals surface area contributed by atoms with Crippen LogP contribution in [0.4, 0.5) is 5.69 Å². The van der Waals surface area contributed by atoms with E-state index in [1.54, 1.807) is 7.11 Å². The molecule has 1 aromatic carbocycles. The average molecular weight is 284 g/mol. The van der Waals surface area contributed by atoms with Crippen LogP contribution in [-0.4, -0.2) is 13.2 Å². The summed E-state index contributed by atoms with van der Waals surface area (Å²) >= 11 is 6.18. The normalized spacial score (nSPS) is 12.2. The number of anilines is 1. The van der Waals surface area contributed by atoms with E-state index in [9.17, 15) is 0 Å². The molecular weight excluding hydrogens is 258 g/mol. The summed E-state index contributed by atoms with van der Waals surface area (Å²) in [5, 5.41) is 4.21. The maximum absolute atomic E-state index is 6.18. The van der Waals surface area contributed by atoms with Crippen LogP contribution in [0, 0.1) is 0 Å². The van der Waals surface area contributed by atoms with Gasteiger partial charge in [-0.1, -0.05) is 50.6 Å². The minimum absolute atomic E-state index is 0.436. The molecule has 0 amide bonds. The fraction of sp³-hybridized carbons (Fsp3) is 0.625. The molecule has 0 saturated carbocycles. The molecule has 108 valence electrons. The van der Waals surface area contributed by atoms with Gasteiger partial charge >= 0.3 is 0 Å². The van der Waals surface area contributed by atoms with Gasteiger partial charge in [-0.15, -0.1) is 0 Å². The molecule has 0 heterocycles. The van der Waals surface area contributed by atoms with Gasteiger partial charge in [-0.3, -0.25) is 0 Å². The standard InChI is InChI=1S/C16H26ClNO/c1-4-5-6-7-8-9-13(2)18-16-12-14(19-3)10-11-15(16)17/h10-13,18H,4-9H2,1-3H3. The molecule has 0 spiro atoms. The molecule has 0 aliphatic carbocycles. The van der Waals surface area contributed by atoms with Crippen LogP contribution < -0.4 is 10.1 Å². The Labute approximate surface area is 122 Å². The number of rotatable bonds is 9. The number of hydrogen-bond acceptors (Lipinski definition) is 2. The van der Waals surface area contributed by atoms with Crippen LogP contribution in [0.2, 0.25) is 5.02 Å². The van der Waals surface area contributed by atoms with Crippen LogP contribution in [0.25, 0.3) is 0 Å². The highest BCUT2D eigenvalue weighted by Gasteiger charge is 2.06. The third-order valence-electron chi connectivity index (χ3n) is 3.32. The van der Waals surface area contributed by atoms with E-state index in [-0.39, 0.29) is 0 Å². The maximum Gasteiger partial charge on any atom is 0.121 e. The van der Waals surface area contributed by atoms with Crippen LogP contribution in [0.1, 0.15) is 52.4 Å². The van der Waals surface area contributed by atoms with Crippen molar-refractivity contribution < 1.29 is 4.74 Å². The molecule has 0 aliphatic heterocycles. The molecule has 0 aliphatic rings. The van der Waals surface area contributed by atoms with Crippen LogP contribution in [-0.2, 0) is 0 Å². The second kappa shape index (κ2) is 9.08. The number of hydrogen-bond donors (Lipinski definition) is 1. The Morgan fingerprint density at radius 3 is 2.63 bits per heavy atom. The number of benzene rings is 1. The second-order valence-electron chi connectivity index (χ2n) is 5.09. The summed E-state index contributed by atoms with van der Waals surface area (Å²) < 4.78 is 5.22. The van der Waals surface area contributed by atoms with Gasteiger partial charge in [0.1, 0.15) is 5.75 Å². The molecule has 0 bridgehead atoms. The van der Waals surface area contributed by atoms with Gasteiger partial charge in [0.05, 0.1) is 17.8 Å². The lowest BCUT2D eigenvalue weighted by atomic mass is 10.1. The van der Waals surface area contributed by atoms with Crippen LogP contribution in [0.5, 0.6) is 5.75 Å². The zero-order valence-corrected chi connectivity index (χ0v) is 13.1. The first kappa shape index (κ1) is 16.2. The van der Waals surface area contributed by atoms with Gasteiger partial charge in [0, 0.05) is 12.1 Å². The fourth-order valence-electron chi connectivity index (χ4n) is 2.13. The van der Waals surface area contributed by atoms with Crippen molar-refractivity contribution in [2.24, 2.45) is 0 Å². The Balaban J connectivity index is 2.37. The van der Waals surface area contributed by atoms with E-state index in [0.717, 1.165) is 16.5 Å². The summed E-state index contributed by atoms with van der Waals surface area (Å²) in [4.78, 5) is 0. The van der Waals surface area contributed by atoms with Crippen LogP contribution >= 0.6 is 11.6 Å². The molecular formula is C16H26ClNO. The highest BCUT2D eigenvalue weighted by Crippen LogP contribution is 2.27. The minimum atomic E-state index is 0.436. The van der Waals surface area contributed by atoms with Gasteiger partial charge in [-0.25, -0.2) is 0 Å². The summed E-state index contributed by atoms with van der Waals surface area (Å²) in [6.45, 7) is 4.45. The van der Waals surface area contributed by atoms with E-state index in [1.807, 2.05) is 18.2 Å². The van der Waals surface area contributed by atoms with E-state index >= 15 is 0 Å². The number of methoxy groups -OCH3 is 1. The van der Waals surface area contributed by atoms with Gasteiger partial charge in [-0.05, 0) is 25.5 Å². The predicted octanol–water partition coefficient (Wildman–Crippen LogP) is 5.51. The van der Waals surface area contributed by atoms with Crippen molar-refractivity contribution in [1.82, 2.24) is 0 Å². The van der Waals surface area contributed by atoms with Gasteiger partial charge < -0.3 is 10.1 Å². The Hall–Kier alpha value is -0.890. The highest BCUT2D eigenvalue weighted by molar-refractivity contribution is 6.33. The van der Waals surface area contributed by atoms with Crippen molar-refractivity contribution in [2.45, 2.75) is 58.4 Å². The van der Waals surface area contributed by atoms with Crippen molar-refractivity contribution in [3.8, 4) is 5.75 Å².